The second kappa shape index (κ2) is 7.83. The maximum Gasteiger partial charge on any atom is 0.101 e. The lowest BCUT2D eigenvalue weighted by Crippen LogP contribution is -2.38. The van der Waals surface area contributed by atoms with Crippen molar-refractivity contribution >= 4 is 5.69 Å². The number of piperidine rings is 1. The highest BCUT2D eigenvalue weighted by atomic mass is 15.1. The number of likely N-dealkylation sites (tertiary alicyclic amines) is 1. The van der Waals surface area contributed by atoms with Crippen LogP contribution in [0.15, 0.2) is 42.5 Å². The second-order valence-corrected chi connectivity index (χ2v) is 6.64. The predicted octanol–water partition coefficient (Wildman–Crippen LogP) is 3.81. The van der Waals surface area contributed by atoms with Gasteiger partial charge in [0.1, 0.15) is 12.1 Å². The van der Waals surface area contributed by atoms with Crippen molar-refractivity contribution in [3.63, 3.8) is 0 Å². The largest absolute Gasteiger partial charge is 0.380 e. The van der Waals surface area contributed by atoms with Gasteiger partial charge in [-0.15, -0.1) is 0 Å². The molecule has 0 saturated carbocycles. The first kappa shape index (κ1) is 17.0. The molecule has 0 radical (unpaired) electrons. The lowest BCUT2D eigenvalue weighted by Gasteiger charge is -2.33. The minimum absolute atomic E-state index is 0.301. The zero-order valence-corrected chi connectivity index (χ0v) is 14.5. The van der Waals surface area contributed by atoms with Crippen molar-refractivity contribution in [1.29, 1.82) is 10.5 Å². The molecule has 25 heavy (non-hydrogen) atoms. The Hall–Kier alpha value is -2.82. The van der Waals surface area contributed by atoms with Crippen LogP contribution in [0.4, 0.5) is 5.69 Å². The van der Waals surface area contributed by atoms with Crippen molar-refractivity contribution in [2.75, 3.05) is 18.4 Å². The van der Waals surface area contributed by atoms with Gasteiger partial charge < -0.3 is 5.32 Å². The van der Waals surface area contributed by atoms with Crippen molar-refractivity contribution in [2.45, 2.75) is 32.4 Å². The smallest absolute Gasteiger partial charge is 0.101 e. The third kappa shape index (κ3) is 4.18. The number of para-hydroxylation sites is 1. The van der Waals surface area contributed by atoms with Crippen molar-refractivity contribution < 1.29 is 0 Å². The van der Waals surface area contributed by atoms with E-state index in [1.807, 2.05) is 0 Å². The molecule has 0 aromatic heterocycles. The van der Waals surface area contributed by atoms with Crippen LogP contribution in [0.2, 0.25) is 0 Å². The molecule has 0 spiro atoms. The van der Waals surface area contributed by atoms with Crippen LogP contribution in [0, 0.1) is 29.6 Å². The van der Waals surface area contributed by atoms with E-state index < -0.39 is 0 Å². The molecule has 0 unspecified atom stereocenters. The van der Waals surface area contributed by atoms with Gasteiger partial charge in [0.05, 0.1) is 16.8 Å². The molecule has 0 bridgehead atoms. The Balaban J connectivity index is 1.60. The van der Waals surface area contributed by atoms with Crippen molar-refractivity contribution in [3.05, 3.63) is 64.7 Å². The number of hydrogen-bond acceptors (Lipinski definition) is 4. The highest BCUT2D eigenvalue weighted by molar-refractivity contribution is 5.67. The lowest BCUT2D eigenvalue weighted by atomic mass is 10.0. The Morgan fingerprint density at radius 1 is 1.04 bits per heavy atom. The Bertz CT molecular complexity index is 788. The fraction of sp³-hybridized carbons (Fsp3) is 0.333. The van der Waals surface area contributed by atoms with E-state index in [2.05, 4.69) is 53.5 Å². The molecule has 1 aliphatic rings. The number of aryl methyl sites for hydroxylation is 1. The van der Waals surface area contributed by atoms with E-state index in [1.54, 1.807) is 18.2 Å². The van der Waals surface area contributed by atoms with E-state index in [9.17, 15) is 10.5 Å². The molecule has 1 heterocycles. The lowest BCUT2D eigenvalue weighted by molar-refractivity contribution is 0.211. The average molecular weight is 330 g/mol. The minimum Gasteiger partial charge on any atom is -0.380 e. The molecule has 3 rings (SSSR count). The number of hydrogen-bond donors (Lipinski definition) is 1. The van der Waals surface area contributed by atoms with Crippen LogP contribution in [0.5, 0.6) is 0 Å². The predicted molar refractivity (Wildman–Crippen MR) is 99.0 cm³/mol. The number of anilines is 1. The molecule has 1 fully saturated rings. The van der Waals surface area contributed by atoms with Gasteiger partial charge in [-0.1, -0.05) is 35.9 Å². The normalized spacial score (nSPS) is 15.3. The van der Waals surface area contributed by atoms with E-state index in [4.69, 9.17) is 0 Å². The Morgan fingerprint density at radius 2 is 1.68 bits per heavy atom. The fourth-order valence-electron chi connectivity index (χ4n) is 3.40. The summed E-state index contributed by atoms with van der Waals surface area (Å²) in [5.74, 6) is 0. The van der Waals surface area contributed by atoms with Gasteiger partial charge in [0.15, 0.2) is 0 Å². The van der Waals surface area contributed by atoms with Crippen LogP contribution in [-0.4, -0.2) is 24.0 Å². The second-order valence-electron chi connectivity index (χ2n) is 6.64. The third-order valence-corrected chi connectivity index (χ3v) is 4.73. The van der Waals surface area contributed by atoms with E-state index in [0.29, 0.717) is 22.9 Å². The fourth-order valence-corrected chi connectivity index (χ4v) is 3.40. The van der Waals surface area contributed by atoms with Gasteiger partial charge in [-0.05, 0) is 37.5 Å². The van der Waals surface area contributed by atoms with E-state index >= 15 is 0 Å². The topological polar surface area (TPSA) is 62.9 Å². The molecular weight excluding hydrogens is 308 g/mol. The molecule has 1 N–H and O–H groups in total. The minimum atomic E-state index is 0.301. The standard InChI is InChI=1S/C21H22N4/c1-16-4-2-5-17(12-16)15-25-10-8-20(9-11-25)24-21-18(13-22)6-3-7-19(21)14-23/h2-7,12,20,24H,8-11,15H2,1H3. The number of nitrogens with zero attached hydrogens (tertiary/aromatic N) is 3. The van der Waals surface area contributed by atoms with Gasteiger partial charge >= 0.3 is 0 Å². The summed E-state index contributed by atoms with van der Waals surface area (Å²) in [7, 11) is 0. The average Bonchev–Trinajstić information content (AvgIpc) is 2.63. The van der Waals surface area contributed by atoms with Crippen LogP contribution in [0.1, 0.15) is 35.1 Å². The maximum absolute atomic E-state index is 9.29. The SMILES string of the molecule is Cc1cccc(CN2CCC(Nc3c(C#N)cccc3C#N)CC2)c1. The van der Waals surface area contributed by atoms with E-state index in [-0.39, 0.29) is 0 Å². The molecule has 2 aromatic rings. The quantitative estimate of drug-likeness (QED) is 0.926. The van der Waals surface area contributed by atoms with Gasteiger partial charge in [-0.3, -0.25) is 4.90 Å². The van der Waals surface area contributed by atoms with Crippen molar-refractivity contribution in [1.82, 2.24) is 4.90 Å². The monoisotopic (exact) mass is 330 g/mol. The van der Waals surface area contributed by atoms with Crippen molar-refractivity contribution in [3.8, 4) is 12.1 Å². The molecule has 0 atom stereocenters. The van der Waals surface area contributed by atoms with Crippen LogP contribution in [0.25, 0.3) is 0 Å². The van der Waals surface area contributed by atoms with Gasteiger partial charge in [0.2, 0.25) is 0 Å². The number of rotatable bonds is 4. The molecule has 1 aliphatic heterocycles. The molecule has 0 aliphatic carbocycles. The van der Waals surface area contributed by atoms with E-state index in [0.717, 1.165) is 32.5 Å². The number of benzene rings is 2. The van der Waals surface area contributed by atoms with Crippen molar-refractivity contribution in [2.24, 2.45) is 0 Å². The summed E-state index contributed by atoms with van der Waals surface area (Å²) < 4.78 is 0. The molecule has 0 amide bonds. The molecule has 4 heteroatoms. The molecule has 2 aromatic carbocycles. The van der Waals surface area contributed by atoms with Gasteiger partial charge in [-0.2, -0.15) is 10.5 Å². The first-order valence-electron chi connectivity index (χ1n) is 8.67. The molecular formula is C21H22N4. The van der Waals surface area contributed by atoms with Crippen LogP contribution < -0.4 is 5.32 Å². The number of nitriles is 2. The molecule has 4 nitrogen and oxygen atoms in total. The first-order valence-corrected chi connectivity index (χ1v) is 8.67. The van der Waals surface area contributed by atoms with Gasteiger partial charge in [-0.25, -0.2) is 0 Å². The summed E-state index contributed by atoms with van der Waals surface area (Å²) in [6.07, 6.45) is 2.02. The summed E-state index contributed by atoms with van der Waals surface area (Å²) in [5.41, 5.74) is 4.42. The summed E-state index contributed by atoms with van der Waals surface area (Å²) in [4.78, 5) is 2.47. The van der Waals surface area contributed by atoms with Crippen LogP contribution in [-0.2, 0) is 6.54 Å². The van der Waals surface area contributed by atoms with Gasteiger partial charge in [0, 0.05) is 25.7 Å². The van der Waals surface area contributed by atoms with Crippen LogP contribution in [0.3, 0.4) is 0 Å². The zero-order chi connectivity index (χ0) is 17.6. The maximum atomic E-state index is 9.29. The highest BCUT2D eigenvalue weighted by Gasteiger charge is 2.21. The third-order valence-electron chi connectivity index (χ3n) is 4.73. The summed E-state index contributed by atoms with van der Waals surface area (Å²) in [6.45, 7) is 5.14. The summed E-state index contributed by atoms with van der Waals surface area (Å²) in [6, 6.07) is 18.6. The zero-order valence-electron chi connectivity index (χ0n) is 14.5. The highest BCUT2D eigenvalue weighted by Crippen LogP contribution is 2.24. The van der Waals surface area contributed by atoms with Crippen LogP contribution >= 0.6 is 0 Å². The first-order chi connectivity index (χ1) is 12.2. The van der Waals surface area contributed by atoms with E-state index in [1.165, 1.54) is 11.1 Å². The molecule has 1 saturated heterocycles. The summed E-state index contributed by atoms with van der Waals surface area (Å²) in [5, 5.41) is 22.0. The summed E-state index contributed by atoms with van der Waals surface area (Å²) >= 11 is 0. The molecule has 126 valence electrons. The number of nitrogens with one attached hydrogen (secondary N) is 1. The Labute approximate surface area is 149 Å². The Kier molecular flexibility index (Phi) is 5.33. The van der Waals surface area contributed by atoms with Gasteiger partial charge in [0.25, 0.3) is 0 Å². The Morgan fingerprint density at radius 3 is 2.28 bits per heavy atom.